The summed E-state index contributed by atoms with van der Waals surface area (Å²) in [6.45, 7) is 4.94. The van der Waals surface area contributed by atoms with Gasteiger partial charge in [0, 0.05) is 5.56 Å². The Bertz CT molecular complexity index is 1200. The summed E-state index contributed by atoms with van der Waals surface area (Å²) in [6, 6.07) is 21.8. The lowest BCUT2D eigenvalue weighted by Gasteiger charge is -2.14. The molecule has 3 aromatic carbocycles. The highest BCUT2D eigenvalue weighted by Gasteiger charge is 2.32. The average Bonchev–Trinajstić information content (AvgIpc) is 3.05. The first-order chi connectivity index (χ1) is 15.9. The smallest absolute Gasteiger partial charge is 0.266 e. The van der Waals surface area contributed by atoms with Gasteiger partial charge in [-0.15, -0.1) is 0 Å². The maximum Gasteiger partial charge on any atom is 0.266 e. The number of thioether (sulfide) groups is 1. The number of hydrogen-bond acceptors (Lipinski definition) is 5. The lowest BCUT2D eigenvalue weighted by molar-refractivity contribution is -0.122. The Kier molecular flexibility index (Phi) is 7.16. The van der Waals surface area contributed by atoms with Gasteiger partial charge in [0.25, 0.3) is 5.91 Å². The van der Waals surface area contributed by atoms with Crippen LogP contribution in [-0.4, -0.2) is 22.2 Å². The fraction of sp³-hybridized carbons (Fsp3) is 0.185. The van der Waals surface area contributed by atoms with E-state index in [4.69, 9.17) is 21.7 Å². The van der Waals surface area contributed by atoms with Crippen LogP contribution < -0.4 is 9.47 Å². The third-order valence-electron chi connectivity index (χ3n) is 5.25. The van der Waals surface area contributed by atoms with Gasteiger partial charge >= 0.3 is 0 Å². The van der Waals surface area contributed by atoms with E-state index in [1.807, 2.05) is 66.7 Å². The zero-order chi connectivity index (χ0) is 23.4. The summed E-state index contributed by atoms with van der Waals surface area (Å²) in [7, 11) is 1.64. The van der Waals surface area contributed by atoms with Crippen LogP contribution in [0.2, 0.25) is 0 Å². The Morgan fingerprint density at radius 1 is 1.00 bits per heavy atom. The van der Waals surface area contributed by atoms with Gasteiger partial charge in [-0.3, -0.25) is 9.69 Å². The number of methoxy groups -OCH3 is 1. The van der Waals surface area contributed by atoms with E-state index in [0.29, 0.717) is 22.4 Å². The van der Waals surface area contributed by atoms with E-state index in [1.54, 1.807) is 12.0 Å². The van der Waals surface area contributed by atoms with E-state index >= 15 is 0 Å². The molecule has 1 fully saturated rings. The molecule has 1 aliphatic heterocycles. The Morgan fingerprint density at radius 3 is 2.42 bits per heavy atom. The Hall–Kier alpha value is -3.09. The average molecular weight is 476 g/mol. The molecule has 0 N–H and O–H groups in total. The zero-order valence-corrected chi connectivity index (χ0v) is 20.5. The van der Waals surface area contributed by atoms with Gasteiger partial charge in [0.05, 0.1) is 18.6 Å². The number of carbonyl (C=O) groups excluding carboxylic acids is 1. The molecule has 1 aliphatic rings. The summed E-state index contributed by atoms with van der Waals surface area (Å²) in [4.78, 5) is 15.3. The van der Waals surface area contributed by atoms with Gasteiger partial charge in [-0.25, -0.2) is 0 Å². The third kappa shape index (κ3) is 5.64. The van der Waals surface area contributed by atoms with Crippen LogP contribution in [0.5, 0.6) is 11.5 Å². The van der Waals surface area contributed by atoms with Crippen molar-refractivity contribution in [2.24, 2.45) is 0 Å². The van der Waals surface area contributed by atoms with Crippen molar-refractivity contribution < 1.29 is 14.3 Å². The van der Waals surface area contributed by atoms with Gasteiger partial charge in [-0.05, 0) is 66.4 Å². The number of benzene rings is 3. The molecule has 0 bridgehead atoms. The quantitative estimate of drug-likeness (QED) is 0.296. The Morgan fingerprint density at radius 2 is 1.73 bits per heavy atom. The van der Waals surface area contributed by atoms with Crippen LogP contribution in [0.15, 0.2) is 71.6 Å². The number of ether oxygens (including phenoxy) is 2. The number of rotatable bonds is 7. The van der Waals surface area contributed by atoms with Crippen molar-refractivity contribution >= 4 is 40.3 Å². The van der Waals surface area contributed by atoms with E-state index < -0.39 is 0 Å². The molecule has 0 unspecified atom stereocenters. The molecule has 0 atom stereocenters. The summed E-state index contributed by atoms with van der Waals surface area (Å²) in [5, 5.41) is 0. The topological polar surface area (TPSA) is 38.8 Å². The highest BCUT2D eigenvalue weighted by molar-refractivity contribution is 8.26. The summed E-state index contributed by atoms with van der Waals surface area (Å²) in [6.07, 6.45) is 1.88. The lowest BCUT2D eigenvalue weighted by Crippen LogP contribution is -2.27. The van der Waals surface area contributed by atoms with Gasteiger partial charge in [0.2, 0.25) is 0 Å². The monoisotopic (exact) mass is 475 g/mol. The molecule has 1 saturated heterocycles. The number of carbonyl (C=O) groups is 1. The molecule has 0 aromatic heterocycles. The minimum absolute atomic E-state index is 0.0716. The standard InChI is InChI=1S/C27H25NO3S2/c1-18-11-19(2)13-23(12-18)31-17-22-14-21(9-10-24(22)30-3)15-25-26(29)28(27(32)33-25)16-20-7-5-4-6-8-20/h4-15H,16-17H2,1-3H3/b25-15+. The molecule has 6 heteroatoms. The Balaban J connectivity index is 1.53. The van der Waals surface area contributed by atoms with Gasteiger partial charge in [0.15, 0.2) is 0 Å². The van der Waals surface area contributed by atoms with Crippen LogP contribution >= 0.6 is 24.0 Å². The molecule has 0 saturated carbocycles. The molecular weight excluding hydrogens is 450 g/mol. The number of nitrogens with zero attached hydrogens (tertiary/aromatic N) is 1. The second-order valence-corrected chi connectivity index (χ2v) is 9.61. The third-order valence-corrected chi connectivity index (χ3v) is 6.63. The van der Waals surface area contributed by atoms with Crippen LogP contribution in [0, 0.1) is 13.8 Å². The number of aryl methyl sites for hydroxylation is 2. The second-order valence-electron chi connectivity index (χ2n) is 7.94. The largest absolute Gasteiger partial charge is 0.496 e. The van der Waals surface area contributed by atoms with Crippen molar-refractivity contribution in [2.45, 2.75) is 27.0 Å². The molecule has 0 radical (unpaired) electrons. The highest BCUT2D eigenvalue weighted by Crippen LogP contribution is 2.34. The predicted octanol–water partition coefficient (Wildman–Crippen LogP) is 6.29. The summed E-state index contributed by atoms with van der Waals surface area (Å²) < 4.78 is 12.1. The van der Waals surface area contributed by atoms with Crippen LogP contribution in [0.1, 0.15) is 27.8 Å². The number of amides is 1. The van der Waals surface area contributed by atoms with Gasteiger partial charge in [0.1, 0.15) is 22.4 Å². The van der Waals surface area contributed by atoms with Crippen molar-refractivity contribution in [1.82, 2.24) is 4.90 Å². The lowest BCUT2D eigenvalue weighted by atomic mass is 10.1. The Labute approximate surface area is 204 Å². The maximum atomic E-state index is 13.0. The van der Waals surface area contributed by atoms with Crippen molar-refractivity contribution in [2.75, 3.05) is 7.11 Å². The van der Waals surface area contributed by atoms with Crippen molar-refractivity contribution in [3.63, 3.8) is 0 Å². The fourth-order valence-corrected chi connectivity index (χ4v) is 4.99. The maximum absolute atomic E-state index is 13.0. The summed E-state index contributed by atoms with van der Waals surface area (Å²) in [5.74, 6) is 1.49. The SMILES string of the molecule is COc1ccc(/C=C2/SC(=S)N(Cc3ccccc3)C2=O)cc1COc1cc(C)cc(C)c1. The molecule has 4 nitrogen and oxygen atoms in total. The number of hydrogen-bond donors (Lipinski definition) is 0. The normalized spacial score (nSPS) is 14.8. The van der Waals surface area contributed by atoms with Crippen LogP contribution in [0.25, 0.3) is 6.08 Å². The van der Waals surface area contributed by atoms with Crippen LogP contribution in [0.3, 0.4) is 0 Å². The predicted molar refractivity (Wildman–Crippen MR) is 138 cm³/mol. The van der Waals surface area contributed by atoms with Crippen molar-refractivity contribution in [1.29, 1.82) is 0 Å². The first-order valence-corrected chi connectivity index (χ1v) is 11.8. The first-order valence-electron chi connectivity index (χ1n) is 10.6. The highest BCUT2D eigenvalue weighted by atomic mass is 32.2. The molecule has 4 rings (SSSR count). The molecule has 0 spiro atoms. The van der Waals surface area contributed by atoms with Crippen LogP contribution in [0.4, 0.5) is 0 Å². The molecule has 1 heterocycles. The molecule has 168 valence electrons. The second kappa shape index (κ2) is 10.2. The first kappa shape index (κ1) is 23.1. The van der Waals surface area contributed by atoms with Crippen molar-refractivity contribution in [3.05, 3.63) is 99.5 Å². The zero-order valence-electron chi connectivity index (χ0n) is 18.8. The van der Waals surface area contributed by atoms with E-state index in [2.05, 4.69) is 19.9 Å². The van der Waals surface area contributed by atoms with E-state index in [9.17, 15) is 4.79 Å². The van der Waals surface area contributed by atoms with Crippen molar-refractivity contribution in [3.8, 4) is 11.5 Å². The van der Waals surface area contributed by atoms with Gasteiger partial charge in [-0.2, -0.15) is 0 Å². The molecule has 3 aromatic rings. The van der Waals surface area contributed by atoms with Crippen LogP contribution in [-0.2, 0) is 17.9 Å². The minimum Gasteiger partial charge on any atom is -0.496 e. The van der Waals surface area contributed by atoms with E-state index in [1.165, 1.54) is 11.8 Å². The molecule has 0 aliphatic carbocycles. The fourth-order valence-electron chi connectivity index (χ4n) is 3.73. The molecular formula is C27H25NO3S2. The molecule has 33 heavy (non-hydrogen) atoms. The van der Waals surface area contributed by atoms with E-state index in [-0.39, 0.29) is 5.91 Å². The summed E-state index contributed by atoms with van der Waals surface area (Å²) in [5.41, 5.74) is 5.16. The number of thiocarbonyl (C=S) groups is 1. The molecule has 1 amide bonds. The summed E-state index contributed by atoms with van der Waals surface area (Å²) >= 11 is 6.81. The minimum atomic E-state index is -0.0716. The van der Waals surface area contributed by atoms with Gasteiger partial charge in [-0.1, -0.05) is 66.4 Å². The van der Waals surface area contributed by atoms with E-state index in [0.717, 1.165) is 39.3 Å². The van der Waals surface area contributed by atoms with Gasteiger partial charge < -0.3 is 9.47 Å².